The van der Waals surface area contributed by atoms with Gasteiger partial charge in [0.1, 0.15) is 12.2 Å². The summed E-state index contributed by atoms with van der Waals surface area (Å²) in [6.45, 7) is 10.5. The predicted molar refractivity (Wildman–Crippen MR) is 117 cm³/mol. The van der Waals surface area contributed by atoms with E-state index in [1.165, 1.54) is 0 Å². The molecule has 4 fully saturated rings. The fourth-order valence-corrected chi connectivity index (χ4v) is 8.41. The molecule has 6 nitrogen and oxygen atoms in total. The van der Waals surface area contributed by atoms with Crippen LogP contribution in [-0.4, -0.2) is 47.6 Å². The van der Waals surface area contributed by atoms with Crippen LogP contribution in [0.2, 0.25) is 0 Å². The summed E-state index contributed by atoms with van der Waals surface area (Å²) in [5.41, 5.74) is -0.709. The molecule has 176 valence electrons. The van der Waals surface area contributed by atoms with E-state index < -0.39 is 23.1 Å². The zero-order valence-electron chi connectivity index (χ0n) is 19.8. The van der Waals surface area contributed by atoms with Crippen molar-refractivity contribution in [1.82, 2.24) is 0 Å². The summed E-state index contributed by atoms with van der Waals surface area (Å²) >= 11 is 0. The molecule has 1 aliphatic heterocycles. The minimum Gasteiger partial charge on any atom is -0.393 e. The van der Waals surface area contributed by atoms with Gasteiger partial charge in [0, 0.05) is 30.3 Å². The number of carbonyl (C=O) groups excluding carboxylic acids is 2. The lowest BCUT2D eigenvalue weighted by molar-refractivity contribution is -0.420. The summed E-state index contributed by atoms with van der Waals surface area (Å²) in [6, 6.07) is 0. The van der Waals surface area contributed by atoms with Gasteiger partial charge >= 0.3 is 0 Å². The van der Waals surface area contributed by atoms with Gasteiger partial charge < -0.3 is 19.3 Å². The molecule has 1 heterocycles. The Bertz CT molecular complexity index is 908. The highest BCUT2D eigenvalue weighted by Crippen LogP contribution is 2.69. The molecule has 0 aromatic rings. The van der Waals surface area contributed by atoms with Crippen LogP contribution in [0.4, 0.5) is 0 Å². The fraction of sp³-hybridized carbons (Fsp3) is 0.769. The van der Waals surface area contributed by atoms with Crippen molar-refractivity contribution in [3.63, 3.8) is 0 Å². The highest BCUT2D eigenvalue weighted by Gasteiger charge is 2.72. The van der Waals surface area contributed by atoms with Crippen molar-refractivity contribution in [1.29, 1.82) is 0 Å². The Morgan fingerprint density at radius 2 is 2.00 bits per heavy atom. The third-order valence-electron chi connectivity index (χ3n) is 9.62. The minimum absolute atomic E-state index is 0.0238. The van der Waals surface area contributed by atoms with Gasteiger partial charge in [0.25, 0.3) is 5.97 Å². The van der Waals surface area contributed by atoms with Crippen LogP contribution in [0.15, 0.2) is 23.8 Å². The second-order valence-corrected chi connectivity index (χ2v) is 11.2. The summed E-state index contributed by atoms with van der Waals surface area (Å²) < 4.78 is 17.9. The van der Waals surface area contributed by atoms with Crippen LogP contribution in [-0.2, 0) is 23.8 Å². The van der Waals surface area contributed by atoms with Gasteiger partial charge in [0.2, 0.25) is 0 Å². The lowest BCUT2D eigenvalue weighted by Gasteiger charge is -2.62. The third kappa shape index (κ3) is 2.79. The van der Waals surface area contributed by atoms with Crippen molar-refractivity contribution >= 4 is 11.6 Å². The summed E-state index contributed by atoms with van der Waals surface area (Å²) in [7, 11) is 0. The van der Waals surface area contributed by atoms with Gasteiger partial charge in [0.05, 0.1) is 6.10 Å². The summed E-state index contributed by atoms with van der Waals surface area (Å²) in [4.78, 5) is 25.5. The molecular formula is C26H36O6. The molecule has 1 spiro atoms. The van der Waals surface area contributed by atoms with Gasteiger partial charge in [-0.05, 0) is 62.5 Å². The minimum atomic E-state index is -1.25. The molecule has 1 N–H and O–H groups in total. The Labute approximate surface area is 190 Å². The number of ether oxygens (including phenoxy) is 3. The lowest BCUT2D eigenvalue weighted by Crippen LogP contribution is -2.67. The van der Waals surface area contributed by atoms with Crippen molar-refractivity contribution in [2.75, 3.05) is 13.2 Å². The summed E-state index contributed by atoms with van der Waals surface area (Å²) in [5, 5.41) is 11.6. The monoisotopic (exact) mass is 444 g/mol. The molecule has 6 heteroatoms. The molecule has 9 atom stereocenters. The highest BCUT2D eigenvalue weighted by molar-refractivity contribution is 6.01. The second kappa shape index (κ2) is 7.08. The Morgan fingerprint density at radius 3 is 2.72 bits per heavy atom. The van der Waals surface area contributed by atoms with Crippen LogP contribution < -0.4 is 0 Å². The summed E-state index contributed by atoms with van der Waals surface area (Å²) in [5.74, 6) is -0.488. The molecule has 6 unspecified atom stereocenters. The number of aliphatic hydroxyl groups is 1. The van der Waals surface area contributed by atoms with Crippen molar-refractivity contribution in [2.24, 2.45) is 34.5 Å². The number of Topliss-reactive ketones (excluding diaryl/α,β-unsaturated/α-hetero) is 1. The quantitative estimate of drug-likeness (QED) is 0.701. The lowest BCUT2D eigenvalue weighted by atomic mass is 9.44. The molecule has 0 aromatic carbocycles. The largest absolute Gasteiger partial charge is 0.393 e. The molecule has 0 radical (unpaired) electrons. The van der Waals surface area contributed by atoms with Gasteiger partial charge in [0.15, 0.2) is 11.6 Å². The van der Waals surface area contributed by atoms with Gasteiger partial charge in [-0.3, -0.25) is 9.59 Å². The Hall–Kier alpha value is -1.34. The fourth-order valence-electron chi connectivity index (χ4n) is 8.41. The molecular weight excluding hydrogens is 408 g/mol. The number of allylic oxidation sites excluding steroid dienone is 4. The Morgan fingerprint density at radius 1 is 1.25 bits per heavy atom. The molecule has 0 aromatic heterocycles. The van der Waals surface area contributed by atoms with E-state index in [4.69, 9.17) is 14.2 Å². The first kappa shape index (κ1) is 22.5. The Kier molecular flexibility index (Phi) is 4.97. The highest BCUT2D eigenvalue weighted by atomic mass is 16.9. The van der Waals surface area contributed by atoms with Crippen molar-refractivity contribution < 1.29 is 28.9 Å². The van der Waals surface area contributed by atoms with Crippen LogP contribution in [0.1, 0.15) is 60.3 Å². The number of hydrogen-bond donors (Lipinski definition) is 1. The van der Waals surface area contributed by atoms with E-state index in [0.717, 1.165) is 18.4 Å². The first-order chi connectivity index (χ1) is 15.0. The van der Waals surface area contributed by atoms with Crippen LogP contribution in [0.5, 0.6) is 0 Å². The van der Waals surface area contributed by atoms with E-state index >= 15 is 0 Å². The third-order valence-corrected chi connectivity index (χ3v) is 9.62. The molecule has 4 aliphatic carbocycles. The van der Waals surface area contributed by atoms with Gasteiger partial charge in [-0.1, -0.05) is 32.4 Å². The van der Waals surface area contributed by atoms with Gasteiger partial charge in [-0.2, -0.15) is 0 Å². The number of aliphatic hydroxyl groups excluding tert-OH is 1. The number of carbonyl (C=O) groups is 2. The first-order valence-corrected chi connectivity index (χ1v) is 12.1. The average Bonchev–Trinajstić information content (AvgIpc) is 2.99. The van der Waals surface area contributed by atoms with Crippen LogP contribution >= 0.6 is 0 Å². The van der Waals surface area contributed by atoms with Crippen LogP contribution in [0.25, 0.3) is 0 Å². The van der Waals surface area contributed by atoms with Crippen LogP contribution in [0, 0.1) is 34.5 Å². The first-order valence-electron chi connectivity index (χ1n) is 12.1. The SMILES string of the molecule is CCOC1(C)OCC(=O)[C@]2(CCC3C4C[C@H](C)C5=CC(=O)C=CC5(C)C4[C@@H](O)CC32C)O1. The van der Waals surface area contributed by atoms with Crippen molar-refractivity contribution in [2.45, 2.75) is 78.0 Å². The molecule has 0 amide bonds. The zero-order valence-corrected chi connectivity index (χ0v) is 19.8. The number of rotatable bonds is 2. The van der Waals surface area contributed by atoms with E-state index in [0.29, 0.717) is 19.4 Å². The maximum Gasteiger partial charge on any atom is 0.281 e. The molecule has 3 saturated carbocycles. The van der Waals surface area contributed by atoms with E-state index in [2.05, 4.69) is 20.8 Å². The maximum absolute atomic E-state index is 13.4. The van der Waals surface area contributed by atoms with Crippen LogP contribution in [0.3, 0.4) is 0 Å². The number of hydrogen-bond acceptors (Lipinski definition) is 6. The number of ketones is 2. The van der Waals surface area contributed by atoms with E-state index in [-0.39, 0.29) is 47.3 Å². The standard InChI is InChI=1S/C26H36O6/c1-6-30-25(5)31-14-21(29)26(32-25)10-8-18-17-11-15(2)19-12-16(27)7-9-23(19,3)22(17)20(28)13-24(18,26)4/h7,9,12,15,17-18,20,22,28H,6,8,10-11,13-14H2,1-5H3/t15-,17?,18?,20-,22?,23?,24?,25?,26-/m0/s1. The maximum atomic E-state index is 13.4. The van der Waals surface area contributed by atoms with Crippen molar-refractivity contribution in [3.05, 3.63) is 23.8 Å². The van der Waals surface area contributed by atoms with Gasteiger partial charge in [-0.15, -0.1) is 0 Å². The molecule has 5 rings (SSSR count). The number of fused-ring (bicyclic) bond motifs is 6. The average molecular weight is 445 g/mol. The van der Waals surface area contributed by atoms with Gasteiger partial charge in [-0.25, -0.2) is 0 Å². The Balaban J connectivity index is 1.55. The molecule has 32 heavy (non-hydrogen) atoms. The van der Waals surface area contributed by atoms with E-state index in [9.17, 15) is 14.7 Å². The second-order valence-electron chi connectivity index (χ2n) is 11.2. The molecule has 1 saturated heterocycles. The molecule has 5 aliphatic rings. The predicted octanol–water partition coefficient (Wildman–Crippen LogP) is 3.58. The van der Waals surface area contributed by atoms with E-state index in [1.807, 2.05) is 13.0 Å². The van der Waals surface area contributed by atoms with E-state index in [1.54, 1.807) is 19.1 Å². The topological polar surface area (TPSA) is 82.1 Å². The summed E-state index contributed by atoms with van der Waals surface area (Å²) in [6.07, 6.45) is 7.79. The normalized spacial score (nSPS) is 52.4. The van der Waals surface area contributed by atoms with Crippen molar-refractivity contribution in [3.8, 4) is 0 Å². The smallest absolute Gasteiger partial charge is 0.281 e. The molecule has 0 bridgehead atoms. The zero-order chi connectivity index (χ0) is 23.1.